The first-order valence-electron chi connectivity index (χ1n) is 7.97. The van der Waals surface area contributed by atoms with Crippen LogP contribution in [0.25, 0.3) is 0 Å². The number of nitrogens with zero attached hydrogens (tertiary/aromatic N) is 2. The summed E-state index contributed by atoms with van der Waals surface area (Å²) < 4.78 is 4.93. The minimum atomic E-state index is -0.263. The van der Waals surface area contributed by atoms with Gasteiger partial charge in [0.05, 0.1) is 5.92 Å². The molecule has 1 fully saturated rings. The first kappa shape index (κ1) is 16.0. The van der Waals surface area contributed by atoms with E-state index >= 15 is 0 Å². The number of anilines is 2. The lowest BCUT2D eigenvalue weighted by Gasteiger charge is -2.31. The van der Waals surface area contributed by atoms with Gasteiger partial charge in [0.15, 0.2) is 5.82 Å². The van der Waals surface area contributed by atoms with Gasteiger partial charge < -0.3 is 14.7 Å². The summed E-state index contributed by atoms with van der Waals surface area (Å²) in [6.45, 7) is 2.77. The van der Waals surface area contributed by atoms with Gasteiger partial charge in [0, 0.05) is 24.8 Å². The highest BCUT2D eigenvalue weighted by atomic mass is 16.5. The average molecular weight is 328 g/mol. The van der Waals surface area contributed by atoms with Gasteiger partial charge in [-0.15, -0.1) is 0 Å². The lowest BCUT2D eigenvalue weighted by molar-refractivity contribution is -0.121. The number of hydrogen-bond donors (Lipinski definition) is 2. The highest BCUT2D eigenvalue weighted by Crippen LogP contribution is 2.20. The van der Waals surface area contributed by atoms with E-state index < -0.39 is 0 Å². The zero-order chi connectivity index (χ0) is 16.9. The molecule has 3 rings (SSSR count). The summed E-state index contributed by atoms with van der Waals surface area (Å²) in [5, 5.41) is 9.34. The van der Waals surface area contributed by atoms with Crippen molar-refractivity contribution in [2.24, 2.45) is 5.92 Å². The Balaban J connectivity index is 1.57. The quantitative estimate of drug-likeness (QED) is 0.907. The van der Waals surface area contributed by atoms with Crippen LogP contribution >= 0.6 is 0 Å². The Morgan fingerprint density at radius 3 is 2.75 bits per heavy atom. The maximum absolute atomic E-state index is 12.4. The number of para-hydroxylation sites is 1. The summed E-state index contributed by atoms with van der Waals surface area (Å²) in [5.41, 5.74) is 0.766. The van der Waals surface area contributed by atoms with E-state index in [-0.39, 0.29) is 17.9 Å². The molecule has 0 bridgehead atoms. The van der Waals surface area contributed by atoms with Gasteiger partial charge in [-0.05, 0) is 31.9 Å². The Morgan fingerprint density at radius 1 is 1.25 bits per heavy atom. The molecular formula is C17H20N4O3. The molecule has 126 valence electrons. The summed E-state index contributed by atoms with van der Waals surface area (Å²) in [6, 6.07) is 10.7. The van der Waals surface area contributed by atoms with Crippen molar-refractivity contribution in [1.29, 1.82) is 0 Å². The van der Waals surface area contributed by atoms with E-state index in [0.29, 0.717) is 24.7 Å². The van der Waals surface area contributed by atoms with Crippen LogP contribution in [0.1, 0.15) is 18.6 Å². The van der Waals surface area contributed by atoms with E-state index in [1.807, 2.05) is 30.3 Å². The second-order valence-electron chi connectivity index (χ2n) is 5.89. The molecule has 1 aromatic carbocycles. The van der Waals surface area contributed by atoms with Gasteiger partial charge in [-0.2, -0.15) is 0 Å². The number of carbonyl (C=O) groups excluding carboxylic acids is 2. The summed E-state index contributed by atoms with van der Waals surface area (Å²) in [5.74, 6) is 0.733. The number of rotatable bonds is 3. The molecule has 1 aliphatic rings. The largest absolute Gasteiger partial charge is 0.360 e. The van der Waals surface area contributed by atoms with E-state index in [4.69, 9.17) is 4.52 Å². The number of aryl methyl sites for hydroxylation is 1. The standard InChI is InChI=1S/C17H20N4O3/c1-12-10-15(20-24-12)19-17(23)21-9-5-6-13(11-21)16(22)18-14-7-3-2-4-8-14/h2-4,7-8,10,13H,5-6,9,11H2,1H3,(H,18,22)(H,19,20,23)/t13-/m0/s1. The van der Waals surface area contributed by atoms with Crippen LogP contribution in [0.2, 0.25) is 0 Å². The van der Waals surface area contributed by atoms with Crippen LogP contribution in [-0.2, 0) is 4.79 Å². The minimum Gasteiger partial charge on any atom is -0.360 e. The van der Waals surface area contributed by atoms with Crippen LogP contribution in [0.15, 0.2) is 40.9 Å². The molecule has 24 heavy (non-hydrogen) atoms. The number of carbonyl (C=O) groups is 2. The molecule has 1 saturated heterocycles. The second kappa shape index (κ2) is 7.16. The van der Waals surface area contributed by atoms with Crippen LogP contribution in [0.5, 0.6) is 0 Å². The zero-order valence-electron chi connectivity index (χ0n) is 13.5. The zero-order valence-corrected chi connectivity index (χ0v) is 13.5. The molecule has 2 N–H and O–H groups in total. The van der Waals surface area contributed by atoms with E-state index in [2.05, 4.69) is 15.8 Å². The molecule has 0 saturated carbocycles. The van der Waals surface area contributed by atoms with Crippen LogP contribution in [0.4, 0.5) is 16.3 Å². The second-order valence-corrected chi connectivity index (χ2v) is 5.89. The Hall–Kier alpha value is -2.83. The van der Waals surface area contributed by atoms with Crippen LogP contribution in [-0.4, -0.2) is 35.1 Å². The number of benzene rings is 1. The van der Waals surface area contributed by atoms with Crippen molar-refractivity contribution < 1.29 is 14.1 Å². The van der Waals surface area contributed by atoms with Gasteiger partial charge in [0.25, 0.3) is 0 Å². The number of nitrogens with one attached hydrogen (secondary N) is 2. The third-order valence-corrected chi connectivity index (χ3v) is 3.98. The molecule has 0 spiro atoms. The summed E-state index contributed by atoms with van der Waals surface area (Å²) in [7, 11) is 0. The fourth-order valence-electron chi connectivity index (χ4n) is 2.76. The number of piperidine rings is 1. The van der Waals surface area contributed by atoms with Gasteiger partial charge >= 0.3 is 6.03 Å². The van der Waals surface area contributed by atoms with Crippen molar-refractivity contribution in [3.05, 3.63) is 42.2 Å². The minimum absolute atomic E-state index is 0.0593. The van der Waals surface area contributed by atoms with Gasteiger partial charge in [-0.1, -0.05) is 23.4 Å². The molecule has 1 aromatic heterocycles. The topological polar surface area (TPSA) is 87.5 Å². The molecule has 2 aromatic rings. The normalized spacial score (nSPS) is 17.4. The molecule has 1 aliphatic heterocycles. The average Bonchev–Trinajstić information content (AvgIpc) is 3.00. The maximum Gasteiger partial charge on any atom is 0.323 e. The van der Waals surface area contributed by atoms with Gasteiger partial charge in [-0.25, -0.2) is 4.79 Å². The first-order chi connectivity index (χ1) is 11.6. The predicted molar refractivity (Wildman–Crippen MR) is 89.6 cm³/mol. The summed E-state index contributed by atoms with van der Waals surface area (Å²) >= 11 is 0. The fraction of sp³-hybridized carbons (Fsp3) is 0.353. The first-order valence-corrected chi connectivity index (χ1v) is 7.97. The lowest BCUT2D eigenvalue weighted by Crippen LogP contribution is -2.45. The van der Waals surface area contributed by atoms with Crippen molar-refractivity contribution in [1.82, 2.24) is 10.1 Å². The van der Waals surface area contributed by atoms with Gasteiger partial charge in [-0.3, -0.25) is 10.1 Å². The summed E-state index contributed by atoms with van der Waals surface area (Å²) in [4.78, 5) is 26.3. The molecule has 0 aliphatic carbocycles. The lowest BCUT2D eigenvalue weighted by atomic mass is 9.97. The number of likely N-dealkylation sites (tertiary alicyclic amines) is 1. The number of amides is 3. The number of aromatic nitrogens is 1. The number of urea groups is 1. The molecule has 7 heteroatoms. The van der Waals surface area contributed by atoms with Gasteiger partial charge in [0.2, 0.25) is 5.91 Å². The molecule has 3 amide bonds. The summed E-state index contributed by atoms with van der Waals surface area (Å²) in [6.07, 6.45) is 1.56. The highest BCUT2D eigenvalue weighted by Gasteiger charge is 2.28. The van der Waals surface area contributed by atoms with Gasteiger partial charge in [0.1, 0.15) is 5.76 Å². The van der Waals surface area contributed by atoms with Crippen molar-refractivity contribution in [3.63, 3.8) is 0 Å². The molecule has 7 nitrogen and oxygen atoms in total. The maximum atomic E-state index is 12.4. The smallest absolute Gasteiger partial charge is 0.323 e. The van der Waals surface area contributed by atoms with Crippen molar-refractivity contribution >= 4 is 23.4 Å². The van der Waals surface area contributed by atoms with Crippen LogP contribution in [0.3, 0.4) is 0 Å². The third kappa shape index (κ3) is 3.92. The predicted octanol–water partition coefficient (Wildman–Crippen LogP) is 2.87. The molecule has 1 atom stereocenters. The monoisotopic (exact) mass is 328 g/mol. The molecule has 0 radical (unpaired) electrons. The Bertz CT molecular complexity index is 714. The Kier molecular flexibility index (Phi) is 4.79. The molecule has 2 heterocycles. The van der Waals surface area contributed by atoms with E-state index in [0.717, 1.165) is 18.5 Å². The Morgan fingerprint density at radius 2 is 2.04 bits per heavy atom. The van der Waals surface area contributed by atoms with Crippen molar-refractivity contribution in [2.45, 2.75) is 19.8 Å². The van der Waals surface area contributed by atoms with Crippen LogP contribution < -0.4 is 10.6 Å². The highest BCUT2D eigenvalue weighted by molar-refractivity contribution is 5.94. The van der Waals surface area contributed by atoms with E-state index in [9.17, 15) is 9.59 Å². The fourth-order valence-corrected chi connectivity index (χ4v) is 2.76. The molecule has 0 unspecified atom stereocenters. The SMILES string of the molecule is Cc1cc(NC(=O)N2CCC[C@H](C(=O)Nc3ccccc3)C2)no1. The third-order valence-electron chi connectivity index (χ3n) is 3.98. The van der Waals surface area contributed by atoms with E-state index in [1.165, 1.54) is 0 Å². The Labute approximate surface area is 140 Å². The number of hydrogen-bond acceptors (Lipinski definition) is 4. The van der Waals surface area contributed by atoms with Crippen molar-refractivity contribution in [3.8, 4) is 0 Å². The van der Waals surface area contributed by atoms with Crippen molar-refractivity contribution in [2.75, 3.05) is 23.7 Å². The molecular weight excluding hydrogens is 308 g/mol. The van der Waals surface area contributed by atoms with E-state index in [1.54, 1.807) is 17.9 Å². The van der Waals surface area contributed by atoms with Crippen LogP contribution in [0, 0.1) is 12.8 Å².